The van der Waals surface area contributed by atoms with E-state index < -0.39 is 18.0 Å². The van der Waals surface area contributed by atoms with Gasteiger partial charge in [0.2, 0.25) is 0 Å². The number of carbonyl (C=O) groups is 2. The molecule has 0 saturated heterocycles. The molecule has 20 heavy (non-hydrogen) atoms. The Hall–Kier alpha value is -2.04. The summed E-state index contributed by atoms with van der Waals surface area (Å²) in [4.78, 5) is 23.0. The number of carboxylic acids is 1. The maximum Gasteiger partial charge on any atom is 0.326 e. The SMILES string of the molecule is CC1(C)CC1NC(=O)N[C@@H](Cc1ccccc1)C(=O)O. The molecule has 1 aliphatic carbocycles. The molecule has 1 aliphatic rings. The van der Waals surface area contributed by atoms with E-state index in [9.17, 15) is 14.7 Å². The highest BCUT2D eigenvalue weighted by molar-refractivity contribution is 5.83. The van der Waals surface area contributed by atoms with Gasteiger partial charge in [-0.05, 0) is 17.4 Å². The third-order valence-electron chi connectivity index (χ3n) is 3.70. The van der Waals surface area contributed by atoms with Gasteiger partial charge in [0.1, 0.15) is 6.04 Å². The second-order valence-corrected chi connectivity index (χ2v) is 5.94. The first-order valence-electron chi connectivity index (χ1n) is 6.72. The van der Waals surface area contributed by atoms with Crippen molar-refractivity contribution in [2.45, 2.75) is 38.8 Å². The van der Waals surface area contributed by atoms with Crippen LogP contribution in [0.4, 0.5) is 4.79 Å². The molecule has 1 aromatic rings. The number of nitrogens with one attached hydrogen (secondary N) is 2. The maximum absolute atomic E-state index is 11.8. The van der Waals surface area contributed by atoms with E-state index in [4.69, 9.17) is 0 Å². The van der Waals surface area contributed by atoms with Crippen LogP contribution in [0.3, 0.4) is 0 Å². The van der Waals surface area contributed by atoms with Crippen LogP contribution in [0, 0.1) is 5.41 Å². The van der Waals surface area contributed by atoms with Crippen LogP contribution in [0.25, 0.3) is 0 Å². The monoisotopic (exact) mass is 276 g/mol. The zero-order chi connectivity index (χ0) is 14.8. The van der Waals surface area contributed by atoms with Crippen LogP contribution < -0.4 is 10.6 Å². The molecule has 1 unspecified atom stereocenters. The van der Waals surface area contributed by atoms with E-state index in [1.165, 1.54) is 0 Å². The van der Waals surface area contributed by atoms with E-state index in [2.05, 4.69) is 24.5 Å². The number of carbonyl (C=O) groups excluding carboxylic acids is 1. The van der Waals surface area contributed by atoms with E-state index >= 15 is 0 Å². The number of amides is 2. The van der Waals surface area contributed by atoms with Gasteiger partial charge in [-0.3, -0.25) is 0 Å². The van der Waals surface area contributed by atoms with E-state index in [-0.39, 0.29) is 17.9 Å². The molecule has 5 heteroatoms. The molecule has 0 spiro atoms. The highest BCUT2D eigenvalue weighted by atomic mass is 16.4. The summed E-state index contributed by atoms with van der Waals surface area (Å²) in [5.41, 5.74) is 1.00. The van der Waals surface area contributed by atoms with Crippen LogP contribution in [0.2, 0.25) is 0 Å². The molecule has 2 atom stereocenters. The van der Waals surface area contributed by atoms with Gasteiger partial charge in [-0.15, -0.1) is 0 Å². The average molecular weight is 276 g/mol. The lowest BCUT2D eigenvalue weighted by Crippen LogP contribution is -2.48. The van der Waals surface area contributed by atoms with Crippen molar-refractivity contribution < 1.29 is 14.7 Å². The fourth-order valence-corrected chi connectivity index (χ4v) is 2.12. The Morgan fingerprint density at radius 3 is 2.45 bits per heavy atom. The summed E-state index contributed by atoms with van der Waals surface area (Å²) in [6.45, 7) is 4.13. The second kappa shape index (κ2) is 5.53. The second-order valence-electron chi connectivity index (χ2n) is 5.94. The predicted octanol–water partition coefficient (Wildman–Crippen LogP) is 1.78. The normalized spacial score (nSPS) is 20.8. The number of benzene rings is 1. The van der Waals surface area contributed by atoms with Crippen molar-refractivity contribution in [1.29, 1.82) is 0 Å². The summed E-state index contributed by atoms with van der Waals surface area (Å²) >= 11 is 0. The van der Waals surface area contributed by atoms with Crippen molar-refractivity contribution in [3.05, 3.63) is 35.9 Å². The number of urea groups is 1. The van der Waals surface area contributed by atoms with E-state index in [1.54, 1.807) is 0 Å². The molecule has 1 saturated carbocycles. The Kier molecular flexibility index (Phi) is 3.97. The summed E-state index contributed by atoms with van der Waals surface area (Å²) in [6.07, 6.45) is 1.20. The molecule has 5 nitrogen and oxygen atoms in total. The third kappa shape index (κ3) is 3.73. The molecule has 2 rings (SSSR count). The number of carboxylic acid groups (broad SMARTS) is 1. The quantitative estimate of drug-likeness (QED) is 0.767. The highest BCUT2D eigenvalue weighted by Gasteiger charge is 2.46. The van der Waals surface area contributed by atoms with Gasteiger partial charge in [-0.1, -0.05) is 44.2 Å². The van der Waals surface area contributed by atoms with Crippen LogP contribution >= 0.6 is 0 Å². The van der Waals surface area contributed by atoms with Gasteiger partial charge < -0.3 is 15.7 Å². The molecule has 0 aromatic heterocycles. The summed E-state index contributed by atoms with van der Waals surface area (Å²) in [5, 5.41) is 14.5. The van der Waals surface area contributed by atoms with Gasteiger partial charge in [-0.2, -0.15) is 0 Å². The number of rotatable bonds is 5. The van der Waals surface area contributed by atoms with Gasteiger partial charge in [0, 0.05) is 12.5 Å². The standard InChI is InChI=1S/C15H20N2O3/c1-15(2)9-12(15)17-14(20)16-11(13(18)19)8-10-6-4-3-5-7-10/h3-7,11-12H,8-9H2,1-2H3,(H,18,19)(H2,16,17,20)/t11-,12?/m0/s1. The minimum Gasteiger partial charge on any atom is -0.480 e. The molecule has 1 aromatic carbocycles. The van der Waals surface area contributed by atoms with Crippen molar-refractivity contribution in [1.82, 2.24) is 10.6 Å². The molecule has 108 valence electrons. The zero-order valence-electron chi connectivity index (χ0n) is 11.7. The molecular weight excluding hydrogens is 256 g/mol. The molecule has 3 N–H and O–H groups in total. The fraction of sp³-hybridized carbons (Fsp3) is 0.467. The molecule has 0 heterocycles. The van der Waals surface area contributed by atoms with Crippen molar-refractivity contribution >= 4 is 12.0 Å². The molecule has 0 radical (unpaired) electrons. The fourth-order valence-electron chi connectivity index (χ4n) is 2.12. The molecule has 1 fully saturated rings. The predicted molar refractivity (Wildman–Crippen MR) is 75.4 cm³/mol. The Balaban J connectivity index is 1.89. The van der Waals surface area contributed by atoms with Gasteiger partial charge in [-0.25, -0.2) is 9.59 Å². The van der Waals surface area contributed by atoms with Gasteiger partial charge in [0.05, 0.1) is 0 Å². The zero-order valence-corrected chi connectivity index (χ0v) is 11.7. The number of hydrogen-bond acceptors (Lipinski definition) is 2. The van der Waals surface area contributed by atoms with Crippen LogP contribution in [0.5, 0.6) is 0 Å². The molecule has 2 amide bonds. The first kappa shape index (κ1) is 14.4. The van der Waals surface area contributed by atoms with Gasteiger partial charge >= 0.3 is 12.0 Å². The van der Waals surface area contributed by atoms with Crippen molar-refractivity contribution in [2.75, 3.05) is 0 Å². The van der Waals surface area contributed by atoms with Crippen molar-refractivity contribution in [3.63, 3.8) is 0 Å². The third-order valence-corrected chi connectivity index (χ3v) is 3.70. The van der Waals surface area contributed by atoms with Gasteiger partial charge in [0.25, 0.3) is 0 Å². The lowest BCUT2D eigenvalue weighted by atomic mass is 10.1. The van der Waals surface area contributed by atoms with E-state index in [1.807, 2.05) is 30.3 Å². The van der Waals surface area contributed by atoms with Crippen molar-refractivity contribution in [3.8, 4) is 0 Å². The van der Waals surface area contributed by atoms with E-state index in [0.717, 1.165) is 12.0 Å². The molecule has 0 bridgehead atoms. The first-order chi connectivity index (χ1) is 9.38. The maximum atomic E-state index is 11.8. The summed E-state index contributed by atoms with van der Waals surface area (Å²) < 4.78 is 0. The molecule has 0 aliphatic heterocycles. The Bertz CT molecular complexity index is 499. The van der Waals surface area contributed by atoms with Crippen LogP contribution in [0.15, 0.2) is 30.3 Å². The smallest absolute Gasteiger partial charge is 0.326 e. The Morgan fingerprint density at radius 2 is 1.95 bits per heavy atom. The van der Waals surface area contributed by atoms with E-state index in [0.29, 0.717) is 0 Å². The topological polar surface area (TPSA) is 78.4 Å². The van der Waals surface area contributed by atoms with Gasteiger partial charge in [0.15, 0.2) is 0 Å². The Labute approximate surface area is 118 Å². The van der Waals surface area contributed by atoms with Crippen LogP contribution in [-0.2, 0) is 11.2 Å². The summed E-state index contributed by atoms with van der Waals surface area (Å²) in [5.74, 6) is -1.03. The molecular formula is C15H20N2O3. The minimum absolute atomic E-state index is 0.121. The first-order valence-corrected chi connectivity index (χ1v) is 6.72. The van der Waals surface area contributed by atoms with Crippen molar-refractivity contribution in [2.24, 2.45) is 5.41 Å². The lowest BCUT2D eigenvalue weighted by molar-refractivity contribution is -0.139. The largest absolute Gasteiger partial charge is 0.480 e. The lowest BCUT2D eigenvalue weighted by Gasteiger charge is -2.16. The number of aliphatic carboxylic acids is 1. The minimum atomic E-state index is -1.03. The average Bonchev–Trinajstić information content (AvgIpc) is 2.96. The highest BCUT2D eigenvalue weighted by Crippen LogP contribution is 2.44. The summed E-state index contributed by atoms with van der Waals surface area (Å²) in [7, 11) is 0. The summed E-state index contributed by atoms with van der Waals surface area (Å²) in [6, 6.07) is 8.06. The van der Waals surface area contributed by atoms with Crippen LogP contribution in [-0.4, -0.2) is 29.2 Å². The number of hydrogen-bond donors (Lipinski definition) is 3. The Morgan fingerprint density at radius 1 is 1.35 bits per heavy atom. The van der Waals surface area contributed by atoms with Crippen LogP contribution in [0.1, 0.15) is 25.8 Å².